The van der Waals surface area contributed by atoms with Gasteiger partial charge in [-0.2, -0.15) is 0 Å². The van der Waals surface area contributed by atoms with Crippen LogP contribution in [0.25, 0.3) is 0 Å². The standard InChI is InChI=1S/C18H21NO3/c1-13-8-9-15(10-14(13)2)11-19-18(20)12-22-17-7-5-4-6-16(17)21-3/h4-10H,11-12H2,1-3H3,(H,19,20). The van der Waals surface area contributed by atoms with Gasteiger partial charge >= 0.3 is 0 Å². The van der Waals surface area contributed by atoms with Crippen molar-refractivity contribution >= 4 is 5.91 Å². The predicted molar refractivity (Wildman–Crippen MR) is 86.3 cm³/mol. The van der Waals surface area contributed by atoms with E-state index in [0.29, 0.717) is 18.0 Å². The molecule has 0 aliphatic rings. The first-order chi connectivity index (χ1) is 10.6. The van der Waals surface area contributed by atoms with Crippen LogP contribution < -0.4 is 14.8 Å². The lowest BCUT2D eigenvalue weighted by Gasteiger charge is -2.11. The van der Waals surface area contributed by atoms with E-state index >= 15 is 0 Å². The number of amides is 1. The van der Waals surface area contributed by atoms with Gasteiger partial charge in [-0.25, -0.2) is 0 Å². The maximum atomic E-state index is 11.9. The van der Waals surface area contributed by atoms with E-state index < -0.39 is 0 Å². The summed E-state index contributed by atoms with van der Waals surface area (Å²) in [5, 5.41) is 2.85. The highest BCUT2D eigenvalue weighted by atomic mass is 16.5. The number of carbonyl (C=O) groups is 1. The molecule has 4 heteroatoms. The van der Waals surface area contributed by atoms with Gasteiger partial charge in [-0.05, 0) is 42.7 Å². The molecule has 116 valence electrons. The third-order valence-corrected chi connectivity index (χ3v) is 3.49. The number of hydrogen-bond acceptors (Lipinski definition) is 3. The van der Waals surface area contributed by atoms with Gasteiger partial charge in [0.1, 0.15) is 0 Å². The molecule has 1 N–H and O–H groups in total. The average molecular weight is 299 g/mol. The number of rotatable bonds is 6. The predicted octanol–water partition coefficient (Wildman–Crippen LogP) is 3.01. The summed E-state index contributed by atoms with van der Waals surface area (Å²) in [6.45, 7) is 4.59. The third-order valence-electron chi connectivity index (χ3n) is 3.49. The van der Waals surface area contributed by atoms with Crippen molar-refractivity contribution in [2.24, 2.45) is 0 Å². The SMILES string of the molecule is COc1ccccc1OCC(=O)NCc1ccc(C)c(C)c1. The van der Waals surface area contributed by atoms with E-state index in [2.05, 4.69) is 31.3 Å². The highest BCUT2D eigenvalue weighted by molar-refractivity contribution is 5.77. The Balaban J connectivity index is 1.84. The van der Waals surface area contributed by atoms with E-state index in [9.17, 15) is 4.79 Å². The van der Waals surface area contributed by atoms with Crippen LogP contribution in [-0.2, 0) is 11.3 Å². The molecule has 2 aromatic carbocycles. The van der Waals surface area contributed by atoms with Crippen LogP contribution in [0.4, 0.5) is 0 Å². The molecule has 22 heavy (non-hydrogen) atoms. The van der Waals surface area contributed by atoms with Crippen LogP contribution >= 0.6 is 0 Å². The minimum Gasteiger partial charge on any atom is -0.493 e. The number of carbonyl (C=O) groups excluding carboxylic acids is 1. The van der Waals surface area contributed by atoms with Crippen molar-refractivity contribution in [2.75, 3.05) is 13.7 Å². The zero-order chi connectivity index (χ0) is 15.9. The summed E-state index contributed by atoms with van der Waals surface area (Å²) in [4.78, 5) is 11.9. The van der Waals surface area contributed by atoms with Crippen molar-refractivity contribution in [1.29, 1.82) is 0 Å². The van der Waals surface area contributed by atoms with E-state index in [0.717, 1.165) is 5.56 Å². The summed E-state index contributed by atoms with van der Waals surface area (Å²) in [5.74, 6) is 1.01. The minimum absolute atomic E-state index is 0.0365. The number of hydrogen-bond donors (Lipinski definition) is 1. The molecule has 0 saturated heterocycles. The van der Waals surface area contributed by atoms with Crippen LogP contribution in [0.15, 0.2) is 42.5 Å². The van der Waals surface area contributed by atoms with E-state index in [1.165, 1.54) is 11.1 Å². The quantitative estimate of drug-likeness (QED) is 0.892. The smallest absolute Gasteiger partial charge is 0.258 e. The molecule has 0 aliphatic heterocycles. The van der Waals surface area contributed by atoms with Gasteiger partial charge in [-0.1, -0.05) is 30.3 Å². The van der Waals surface area contributed by atoms with E-state index in [1.807, 2.05) is 18.2 Å². The molecule has 2 aromatic rings. The summed E-state index contributed by atoms with van der Waals surface area (Å²) in [7, 11) is 1.57. The number of benzene rings is 2. The molecular weight excluding hydrogens is 278 g/mol. The van der Waals surface area contributed by atoms with E-state index in [-0.39, 0.29) is 12.5 Å². The Morgan fingerprint density at radius 1 is 1.05 bits per heavy atom. The summed E-state index contributed by atoms with van der Waals surface area (Å²) < 4.78 is 10.7. The van der Waals surface area contributed by atoms with Gasteiger partial charge in [-0.15, -0.1) is 0 Å². The van der Waals surface area contributed by atoms with Crippen LogP contribution in [0, 0.1) is 13.8 Å². The molecule has 0 unspecified atom stereocenters. The van der Waals surface area contributed by atoms with Gasteiger partial charge in [0, 0.05) is 6.54 Å². The van der Waals surface area contributed by atoms with Crippen LogP contribution in [-0.4, -0.2) is 19.6 Å². The molecule has 0 bridgehead atoms. The van der Waals surface area contributed by atoms with Crippen LogP contribution in [0.2, 0.25) is 0 Å². The molecule has 0 fully saturated rings. The van der Waals surface area contributed by atoms with Crippen LogP contribution in [0.1, 0.15) is 16.7 Å². The monoisotopic (exact) mass is 299 g/mol. The Morgan fingerprint density at radius 2 is 1.77 bits per heavy atom. The second-order valence-electron chi connectivity index (χ2n) is 5.13. The molecular formula is C18H21NO3. The average Bonchev–Trinajstić information content (AvgIpc) is 2.54. The number of ether oxygens (including phenoxy) is 2. The fourth-order valence-corrected chi connectivity index (χ4v) is 2.05. The van der Waals surface area contributed by atoms with E-state index in [1.54, 1.807) is 19.2 Å². The Morgan fingerprint density at radius 3 is 2.45 bits per heavy atom. The molecule has 0 heterocycles. The Kier molecular flexibility index (Phi) is 5.42. The molecule has 0 spiro atoms. The molecule has 0 aliphatic carbocycles. The van der Waals surface area contributed by atoms with Crippen LogP contribution in [0.3, 0.4) is 0 Å². The normalized spacial score (nSPS) is 10.1. The highest BCUT2D eigenvalue weighted by Crippen LogP contribution is 2.25. The zero-order valence-electron chi connectivity index (χ0n) is 13.2. The molecule has 0 aromatic heterocycles. The van der Waals surface area contributed by atoms with Gasteiger partial charge in [-0.3, -0.25) is 4.79 Å². The van der Waals surface area contributed by atoms with Gasteiger partial charge in [0.15, 0.2) is 18.1 Å². The van der Waals surface area contributed by atoms with Crippen molar-refractivity contribution in [3.8, 4) is 11.5 Å². The number of methoxy groups -OCH3 is 1. The maximum Gasteiger partial charge on any atom is 0.258 e. The molecule has 2 rings (SSSR count). The van der Waals surface area contributed by atoms with Crippen LogP contribution in [0.5, 0.6) is 11.5 Å². The Hall–Kier alpha value is -2.49. The van der Waals surface area contributed by atoms with Crippen molar-refractivity contribution in [1.82, 2.24) is 5.32 Å². The largest absolute Gasteiger partial charge is 0.493 e. The van der Waals surface area contributed by atoms with Gasteiger partial charge < -0.3 is 14.8 Å². The lowest BCUT2D eigenvalue weighted by molar-refractivity contribution is -0.123. The lowest BCUT2D eigenvalue weighted by atomic mass is 10.1. The highest BCUT2D eigenvalue weighted by Gasteiger charge is 2.07. The summed E-state index contributed by atoms with van der Waals surface area (Å²) >= 11 is 0. The lowest BCUT2D eigenvalue weighted by Crippen LogP contribution is -2.28. The topological polar surface area (TPSA) is 47.6 Å². The van der Waals surface area contributed by atoms with Crippen molar-refractivity contribution in [3.63, 3.8) is 0 Å². The number of nitrogens with one attached hydrogen (secondary N) is 1. The maximum absolute atomic E-state index is 11.9. The second-order valence-corrected chi connectivity index (χ2v) is 5.13. The summed E-state index contributed by atoms with van der Waals surface area (Å²) in [6.07, 6.45) is 0. The molecule has 1 amide bonds. The Labute approximate surface area is 131 Å². The fraction of sp³-hybridized carbons (Fsp3) is 0.278. The molecule has 0 saturated carbocycles. The molecule has 4 nitrogen and oxygen atoms in total. The summed E-state index contributed by atoms with van der Waals surface area (Å²) in [5.41, 5.74) is 3.54. The Bertz CT molecular complexity index is 653. The van der Waals surface area contributed by atoms with Crippen molar-refractivity contribution in [2.45, 2.75) is 20.4 Å². The van der Waals surface area contributed by atoms with Crippen molar-refractivity contribution in [3.05, 3.63) is 59.2 Å². The summed E-state index contributed by atoms with van der Waals surface area (Å²) in [6, 6.07) is 13.4. The van der Waals surface area contributed by atoms with Gasteiger partial charge in [0.25, 0.3) is 5.91 Å². The first-order valence-electron chi connectivity index (χ1n) is 7.19. The molecule has 0 radical (unpaired) electrons. The second kappa shape index (κ2) is 7.50. The van der Waals surface area contributed by atoms with E-state index in [4.69, 9.17) is 9.47 Å². The number of aryl methyl sites for hydroxylation is 2. The first kappa shape index (κ1) is 15.9. The third kappa shape index (κ3) is 4.25. The number of para-hydroxylation sites is 2. The van der Waals surface area contributed by atoms with Crippen molar-refractivity contribution < 1.29 is 14.3 Å². The zero-order valence-corrected chi connectivity index (χ0v) is 13.2. The molecule has 0 atom stereocenters. The van der Waals surface area contributed by atoms with Gasteiger partial charge in [0.2, 0.25) is 0 Å². The first-order valence-corrected chi connectivity index (χ1v) is 7.19. The fourth-order valence-electron chi connectivity index (χ4n) is 2.05. The van der Waals surface area contributed by atoms with Gasteiger partial charge in [0.05, 0.1) is 7.11 Å². The minimum atomic E-state index is -0.163.